The van der Waals surface area contributed by atoms with Gasteiger partial charge in [-0.25, -0.2) is 0 Å². The van der Waals surface area contributed by atoms with Crippen LogP contribution in [0.3, 0.4) is 0 Å². The van der Waals surface area contributed by atoms with Crippen molar-refractivity contribution < 1.29 is 23.0 Å². The lowest BCUT2D eigenvalue weighted by atomic mass is 10.1. The molecule has 2 aromatic rings. The molecule has 0 saturated heterocycles. The van der Waals surface area contributed by atoms with Crippen molar-refractivity contribution in [3.63, 3.8) is 0 Å². The van der Waals surface area contributed by atoms with Gasteiger partial charge in [0.2, 0.25) is 0 Å². The number of aromatic nitrogens is 2. The lowest BCUT2D eigenvalue weighted by Crippen LogP contribution is -2.25. The van der Waals surface area contributed by atoms with Crippen LogP contribution >= 0.6 is 11.6 Å². The normalized spacial score (nSPS) is 15.2. The van der Waals surface area contributed by atoms with Crippen LogP contribution in [0.2, 0.25) is 5.02 Å². The second-order valence-electron chi connectivity index (χ2n) is 4.35. The van der Waals surface area contributed by atoms with Crippen molar-refractivity contribution in [2.24, 2.45) is 12.8 Å². The van der Waals surface area contributed by atoms with Crippen molar-refractivity contribution in [2.75, 3.05) is 0 Å². The number of carbonyl (C=O) groups is 1. The van der Waals surface area contributed by atoms with E-state index in [2.05, 4.69) is 14.6 Å². The van der Waals surface area contributed by atoms with Gasteiger partial charge in [-0.05, 0) is 12.1 Å². The van der Waals surface area contributed by atoms with Crippen molar-refractivity contribution >= 4 is 17.5 Å². The van der Waals surface area contributed by atoms with Crippen LogP contribution in [-0.4, -0.2) is 22.0 Å². The van der Waals surface area contributed by atoms with Gasteiger partial charge in [-0.1, -0.05) is 11.6 Å². The highest BCUT2D eigenvalue weighted by Crippen LogP contribution is 2.45. The minimum absolute atomic E-state index is 0.0339. The summed E-state index contributed by atoms with van der Waals surface area (Å²) < 4.78 is 36.1. The fourth-order valence-electron chi connectivity index (χ4n) is 2.01. The maximum Gasteiger partial charge on any atom is 0.586 e. The van der Waals surface area contributed by atoms with Crippen LogP contribution in [-0.2, 0) is 7.05 Å². The Morgan fingerprint density at radius 2 is 1.95 bits per heavy atom. The third-order valence-corrected chi connectivity index (χ3v) is 3.21. The fraction of sp³-hybridized carbons (Fsp3) is 0.167. The number of halogens is 3. The van der Waals surface area contributed by atoms with E-state index in [1.54, 1.807) is 7.05 Å². The van der Waals surface area contributed by atoms with E-state index in [0.29, 0.717) is 11.3 Å². The van der Waals surface area contributed by atoms with Gasteiger partial charge < -0.3 is 15.2 Å². The van der Waals surface area contributed by atoms with E-state index in [0.717, 1.165) is 0 Å². The van der Waals surface area contributed by atoms with Gasteiger partial charge in [0, 0.05) is 18.7 Å². The van der Waals surface area contributed by atoms with Crippen LogP contribution in [0.25, 0.3) is 11.3 Å². The Balaban J connectivity index is 2.11. The van der Waals surface area contributed by atoms with Crippen LogP contribution < -0.4 is 15.2 Å². The molecule has 21 heavy (non-hydrogen) atoms. The predicted octanol–water partition coefficient (Wildman–Crippen LogP) is 2.16. The SMILES string of the molecule is Cn1nc(C(N)=O)cc1-c1cc2c(cc1Cl)OC(F)(F)O2. The molecule has 6 nitrogen and oxygen atoms in total. The van der Waals surface area contributed by atoms with E-state index < -0.39 is 12.2 Å². The van der Waals surface area contributed by atoms with Crippen molar-refractivity contribution in [3.05, 3.63) is 28.9 Å². The molecule has 3 rings (SSSR count). The molecule has 1 aliphatic heterocycles. The average molecular weight is 316 g/mol. The number of hydrogen-bond acceptors (Lipinski definition) is 4. The topological polar surface area (TPSA) is 79.4 Å². The minimum Gasteiger partial charge on any atom is -0.395 e. The quantitative estimate of drug-likeness (QED) is 0.921. The second-order valence-corrected chi connectivity index (χ2v) is 4.76. The van der Waals surface area contributed by atoms with Gasteiger partial charge in [0.25, 0.3) is 5.91 Å². The number of aryl methyl sites for hydroxylation is 1. The van der Waals surface area contributed by atoms with Gasteiger partial charge in [0.1, 0.15) is 0 Å². The highest BCUT2D eigenvalue weighted by Gasteiger charge is 2.44. The molecule has 110 valence electrons. The lowest BCUT2D eigenvalue weighted by molar-refractivity contribution is -0.286. The van der Waals surface area contributed by atoms with Crippen molar-refractivity contribution in [2.45, 2.75) is 6.29 Å². The third kappa shape index (κ3) is 2.27. The number of carbonyl (C=O) groups excluding carboxylic acids is 1. The van der Waals surface area contributed by atoms with Crippen LogP contribution in [0.4, 0.5) is 8.78 Å². The molecule has 0 bridgehead atoms. The first kappa shape index (κ1) is 13.6. The number of fused-ring (bicyclic) bond motifs is 1. The first-order valence-corrected chi connectivity index (χ1v) is 6.08. The zero-order valence-corrected chi connectivity index (χ0v) is 11.3. The van der Waals surface area contributed by atoms with E-state index in [-0.39, 0.29) is 22.2 Å². The number of hydrogen-bond donors (Lipinski definition) is 1. The summed E-state index contributed by atoms with van der Waals surface area (Å²) in [6.45, 7) is 0. The molecule has 0 spiro atoms. The van der Waals surface area contributed by atoms with Gasteiger partial charge in [-0.15, -0.1) is 8.78 Å². The molecule has 0 radical (unpaired) electrons. The van der Waals surface area contributed by atoms with E-state index in [1.807, 2.05) is 0 Å². The highest BCUT2D eigenvalue weighted by atomic mass is 35.5. The molecule has 0 saturated carbocycles. The van der Waals surface area contributed by atoms with E-state index in [1.165, 1.54) is 22.9 Å². The second kappa shape index (κ2) is 4.32. The van der Waals surface area contributed by atoms with Crippen molar-refractivity contribution in [3.8, 4) is 22.8 Å². The van der Waals surface area contributed by atoms with Gasteiger partial charge in [-0.2, -0.15) is 5.10 Å². The van der Waals surface area contributed by atoms with Crippen molar-refractivity contribution in [1.82, 2.24) is 9.78 Å². The molecule has 0 atom stereocenters. The molecule has 0 fully saturated rings. The Hall–Kier alpha value is -2.35. The number of rotatable bonds is 2. The standard InChI is InChI=1S/C12H8ClF2N3O3/c1-18-8(4-7(17-18)11(16)19)5-2-9-10(3-6(5)13)21-12(14,15)20-9/h2-4H,1H3,(H2,16,19). The van der Waals surface area contributed by atoms with Crippen molar-refractivity contribution in [1.29, 1.82) is 0 Å². The molecule has 1 aliphatic rings. The monoisotopic (exact) mass is 315 g/mol. The highest BCUT2D eigenvalue weighted by molar-refractivity contribution is 6.33. The molecule has 1 aromatic heterocycles. The Bertz CT molecular complexity index is 760. The molecular formula is C12H8ClF2N3O3. The number of nitrogens with zero attached hydrogens (tertiary/aromatic N) is 2. The molecule has 2 heterocycles. The van der Waals surface area contributed by atoms with Crippen LogP contribution in [0.15, 0.2) is 18.2 Å². The van der Waals surface area contributed by atoms with Crippen LogP contribution in [0, 0.1) is 0 Å². The number of amides is 1. The number of alkyl halides is 2. The van der Waals surface area contributed by atoms with Crippen LogP contribution in [0.1, 0.15) is 10.5 Å². The van der Waals surface area contributed by atoms with Gasteiger partial charge >= 0.3 is 6.29 Å². The zero-order valence-electron chi connectivity index (χ0n) is 10.6. The molecule has 0 aliphatic carbocycles. The molecule has 1 aromatic carbocycles. The van der Waals surface area contributed by atoms with E-state index in [4.69, 9.17) is 17.3 Å². The molecule has 2 N–H and O–H groups in total. The summed E-state index contributed by atoms with van der Waals surface area (Å²) in [7, 11) is 1.57. The predicted molar refractivity (Wildman–Crippen MR) is 68.4 cm³/mol. The average Bonchev–Trinajstić information content (AvgIpc) is 2.87. The zero-order chi connectivity index (χ0) is 15.4. The third-order valence-electron chi connectivity index (χ3n) is 2.90. The molecule has 0 unspecified atom stereocenters. The summed E-state index contributed by atoms with van der Waals surface area (Å²) in [4.78, 5) is 11.1. The first-order valence-electron chi connectivity index (χ1n) is 5.70. The maximum absolute atomic E-state index is 13.0. The van der Waals surface area contributed by atoms with Gasteiger partial charge in [-0.3, -0.25) is 9.48 Å². The summed E-state index contributed by atoms with van der Waals surface area (Å²) in [5.74, 6) is -1.02. The summed E-state index contributed by atoms with van der Waals surface area (Å²) in [5, 5.41) is 4.06. The number of nitrogens with two attached hydrogens (primary N) is 1. The smallest absolute Gasteiger partial charge is 0.395 e. The summed E-state index contributed by atoms with van der Waals surface area (Å²) in [5.41, 5.74) is 5.97. The Labute approximate surface area is 122 Å². The summed E-state index contributed by atoms with van der Waals surface area (Å²) in [6, 6.07) is 3.91. The fourth-order valence-corrected chi connectivity index (χ4v) is 2.26. The molecule has 9 heteroatoms. The number of primary amides is 1. The van der Waals surface area contributed by atoms with Crippen LogP contribution in [0.5, 0.6) is 11.5 Å². The lowest BCUT2D eigenvalue weighted by Gasteiger charge is -2.05. The molecular weight excluding hydrogens is 308 g/mol. The van der Waals surface area contributed by atoms with E-state index in [9.17, 15) is 13.6 Å². The molecule has 1 amide bonds. The Morgan fingerprint density at radius 1 is 1.33 bits per heavy atom. The Kier molecular flexibility index (Phi) is 2.80. The van der Waals surface area contributed by atoms with Gasteiger partial charge in [0.05, 0.1) is 10.7 Å². The largest absolute Gasteiger partial charge is 0.586 e. The number of benzene rings is 1. The number of ether oxygens (including phenoxy) is 2. The summed E-state index contributed by atoms with van der Waals surface area (Å²) >= 11 is 6.06. The summed E-state index contributed by atoms with van der Waals surface area (Å²) in [6.07, 6.45) is -3.73. The maximum atomic E-state index is 13.0. The minimum atomic E-state index is -3.73. The van der Waals surface area contributed by atoms with Gasteiger partial charge in [0.15, 0.2) is 17.2 Å². The van der Waals surface area contributed by atoms with E-state index >= 15 is 0 Å². The Morgan fingerprint density at radius 3 is 2.52 bits per heavy atom. The first-order chi connectivity index (χ1) is 9.77.